The summed E-state index contributed by atoms with van der Waals surface area (Å²) in [7, 11) is 0. The van der Waals surface area contributed by atoms with E-state index in [0.29, 0.717) is 5.92 Å². The van der Waals surface area contributed by atoms with Gasteiger partial charge in [0.1, 0.15) is 6.61 Å². The van der Waals surface area contributed by atoms with Crippen molar-refractivity contribution in [2.75, 3.05) is 6.61 Å². The molecule has 0 spiro atoms. The molecule has 0 aromatic carbocycles. The van der Waals surface area contributed by atoms with Crippen molar-refractivity contribution in [1.82, 2.24) is 0 Å². The number of ketones is 1. The van der Waals surface area contributed by atoms with Gasteiger partial charge in [-0.25, -0.2) is 0 Å². The highest BCUT2D eigenvalue weighted by Crippen LogP contribution is 2.29. The maximum atomic E-state index is 12.2. The maximum absolute atomic E-state index is 12.2. The number of carbonyl (C=O) groups is 2. The molecule has 3 heteroatoms. The number of hydrogen-bond acceptors (Lipinski definition) is 3. The third-order valence-corrected chi connectivity index (χ3v) is 3.81. The molecule has 0 aromatic rings. The summed E-state index contributed by atoms with van der Waals surface area (Å²) in [6, 6.07) is 0. The van der Waals surface area contributed by atoms with Crippen molar-refractivity contribution >= 4 is 11.8 Å². The van der Waals surface area contributed by atoms with Gasteiger partial charge in [-0.1, -0.05) is 18.6 Å². The molecule has 0 N–H and O–H groups in total. The van der Waals surface area contributed by atoms with Gasteiger partial charge in [0.25, 0.3) is 0 Å². The molecule has 3 nitrogen and oxygen atoms in total. The van der Waals surface area contributed by atoms with Crippen molar-refractivity contribution in [2.24, 2.45) is 11.8 Å². The van der Waals surface area contributed by atoms with Crippen LogP contribution in [-0.4, -0.2) is 18.4 Å². The van der Waals surface area contributed by atoms with Crippen LogP contribution in [0.3, 0.4) is 0 Å². The standard InChI is InChI=1S/C17H26O3/c1-12(2)6-5-7-13(3)16-9-8-15(10-17(16)19)11-20-14(4)18/h6,10,13,16H,5,7-9,11H2,1-4H3/t13-,16+/m1/s1. The van der Waals surface area contributed by atoms with Gasteiger partial charge < -0.3 is 4.74 Å². The summed E-state index contributed by atoms with van der Waals surface area (Å²) < 4.78 is 4.95. The van der Waals surface area contributed by atoms with Gasteiger partial charge in [-0.15, -0.1) is 0 Å². The molecule has 0 amide bonds. The highest BCUT2D eigenvalue weighted by atomic mass is 16.5. The number of hydrogen-bond donors (Lipinski definition) is 0. The topological polar surface area (TPSA) is 43.4 Å². The van der Waals surface area contributed by atoms with E-state index in [4.69, 9.17) is 4.74 Å². The van der Waals surface area contributed by atoms with E-state index in [2.05, 4.69) is 26.8 Å². The van der Waals surface area contributed by atoms with E-state index in [9.17, 15) is 9.59 Å². The van der Waals surface area contributed by atoms with Gasteiger partial charge in [-0.05, 0) is 57.1 Å². The van der Waals surface area contributed by atoms with Crippen molar-refractivity contribution in [3.05, 3.63) is 23.3 Å². The first-order valence-corrected chi connectivity index (χ1v) is 7.40. The van der Waals surface area contributed by atoms with Gasteiger partial charge >= 0.3 is 5.97 Å². The lowest BCUT2D eigenvalue weighted by Gasteiger charge is -2.25. The zero-order valence-electron chi connectivity index (χ0n) is 13.1. The molecule has 0 saturated heterocycles. The zero-order valence-corrected chi connectivity index (χ0v) is 13.1. The van der Waals surface area contributed by atoms with Crippen molar-refractivity contribution in [3.8, 4) is 0 Å². The fourth-order valence-electron chi connectivity index (χ4n) is 2.57. The van der Waals surface area contributed by atoms with E-state index in [0.717, 1.165) is 31.3 Å². The van der Waals surface area contributed by atoms with E-state index >= 15 is 0 Å². The lowest BCUT2D eigenvalue weighted by atomic mass is 9.79. The van der Waals surface area contributed by atoms with Gasteiger partial charge in [0.15, 0.2) is 5.78 Å². The predicted octanol–water partition coefficient (Wildman–Crippen LogP) is 3.84. The summed E-state index contributed by atoms with van der Waals surface area (Å²) in [5, 5.41) is 0. The molecular weight excluding hydrogens is 252 g/mol. The Bertz CT molecular complexity index is 414. The van der Waals surface area contributed by atoms with E-state index in [1.807, 2.05) is 0 Å². The van der Waals surface area contributed by atoms with Crippen LogP contribution in [0.25, 0.3) is 0 Å². The Hall–Kier alpha value is -1.38. The summed E-state index contributed by atoms with van der Waals surface area (Å²) >= 11 is 0. The average Bonchev–Trinajstić information content (AvgIpc) is 2.35. The second kappa shape index (κ2) is 8.03. The molecule has 0 heterocycles. The van der Waals surface area contributed by atoms with Crippen LogP contribution in [0.4, 0.5) is 0 Å². The molecule has 0 aromatic heterocycles. The van der Waals surface area contributed by atoms with Gasteiger partial charge in [-0.2, -0.15) is 0 Å². The second-order valence-corrected chi connectivity index (χ2v) is 5.97. The van der Waals surface area contributed by atoms with Crippen LogP contribution in [0.1, 0.15) is 53.4 Å². The molecule has 0 aliphatic heterocycles. The van der Waals surface area contributed by atoms with Crippen LogP contribution in [0.15, 0.2) is 23.3 Å². The monoisotopic (exact) mass is 278 g/mol. The molecule has 1 rings (SSSR count). The van der Waals surface area contributed by atoms with Crippen LogP contribution in [0.2, 0.25) is 0 Å². The first-order valence-electron chi connectivity index (χ1n) is 7.40. The Kier molecular flexibility index (Phi) is 6.69. The largest absolute Gasteiger partial charge is 0.461 e. The summed E-state index contributed by atoms with van der Waals surface area (Å²) in [6.07, 6.45) is 7.74. The highest BCUT2D eigenvalue weighted by Gasteiger charge is 2.27. The van der Waals surface area contributed by atoms with Crippen LogP contribution in [0, 0.1) is 11.8 Å². The smallest absolute Gasteiger partial charge is 0.302 e. The Morgan fingerprint density at radius 2 is 2.15 bits per heavy atom. The van der Waals surface area contributed by atoms with Crippen LogP contribution in [0.5, 0.6) is 0 Å². The van der Waals surface area contributed by atoms with Crippen LogP contribution >= 0.6 is 0 Å². The number of rotatable bonds is 6. The van der Waals surface area contributed by atoms with Gasteiger partial charge in [0.2, 0.25) is 0 Å². The molecule has 0 radical (unpaired) electrons. The molecule has 20 heavy (non-hydrogen) atoms. The molecular formula is C17H26O3. The Balaban J connectivity index is 2.48. The minimum absolute atomic E-state index is 0.127. The first kappa shape index (κ1) is 16.7. The molecule has 1 aliphatic rings. The fourth-order valence-corrected chi connectivity index (χ4v) is 2.57. The molecule has 1 aliphatic carbocycles. The number of esters is 1. The number of allylic oxidation sites excluding steroid dienone is 3. The highest BCUT2D eigenvalue weighted by molar-refractivity contribution is 5.93. The average molecular weight is 278 g/mol. The van der Waals surface area contributed by atoms with Crippen LogP contribution in [-0.2, 0) is 14.3 Å². The van der Waals surface area contributed by atoms with E-state index < -0.39 is 0 Å². The van der Waals surface area contributed by atoms with Crippen molar-refractivity contribution < 1.29 is 14.3 Å². The third-order valence-electron chi connectivity index (χ3n) is 3.81. The third kappa shape index (κ3) is 5.72. The number of carbonyl (C=O) groups excluding carboxylic acids is 2. The molecule has 112 valence electrons. The Morgan fingerprint density at radius 3 is 2.70 bits per heavy atom. The van der Waals surface area contributed by atoms with Crippen molar-refractivity contribution in [3.63, 3.8) is 0 Å². The normalized spacial score (nSPS) is 20.1. The minimum Gasteiger partial charge on any atom is -0.461 e. The Labute approximate surface area is 122 Å². The van der Waals surface area contributed by atoms with Crippen molar-refractivity contribution in [2.45, 2.75) is 53.4 Å². The summed E-state index contributed by atoms with van der Waals surface area (Å²) in [5.41, 5.74) is 2.27. The summed E-state index contributed by atoms with van der Waals surface area (Å²) in [5.74, 6) is 0.435. The zero-order chi connectivity index (χ0) is 15.1. The molecule has 0 unspecified atom stereocenters. The van der Waals surface area contributed by atoms with Gasteiger partial charge in [0, 0.05) is 12.8 Å². The fraction of sp³-hybridized carbons (Fsp3) is 0.647. The molecule has 0 bridgehead atoms. The van der Waals surface area contributed by atoms with E-state index in [-0.39, 0.29) is 24.3 Å². The van der Waals surface area contributed by atoms with Crippen molar-refractivity contribution in [1.29, 1.82) is 0 Å². The molecule has 0 fully saturated rings. The van der Waals surface area contributed by atoms with Gasteiger partial charge in [-0.3, -0.25) is 9.59 Å². The quantitative estimate of drug-likeness (QED) is 0.547. The lowest BCUT2D eigenvalue weighted by molar-refractivity contribution is -0.140. The molecule has 0 saturated carbocycles. The van der Waals surface area contributed by atoms with E-state index in [1.54, 1.807) is 6.08 Å². The maximum Gasteiger partial charge on any atom is 0.302 e. The van der Waals surface area contributed by atoms with Crippen LogP contribution < -0.4 is 0 Å². The minimum atomic E-state index is -0.296. The van der Waals surface area contributed by atoms with Gasteiger partial charge in [0.05, 0.1) is 0 Å². The lowest BCUT2D eigenvalue weighted by Crippen LogP contribution is -2.25. The second-order valence-electron chi connectivity index (χ2n) is 5.97. The predicted molar refractivity (Wildman–Crippen MR) is 80.3 cm³/mol. The summed E-state index contributed by atoms with van der Waals surface area (Å²) in [4.78, 5) is 22.9. The SMILES string of the molecule is CC(=O)OCC1=CC(=O)[C@H]([C@H](C)CCC=C(C)C)CC1. The Morgan fingerprint density at radius 1 is 1.45 bits per heavy atom. The molecule has 2 atom stereocenters. The van der Waals surface area contributed by atoms with E-state index in [1.165, 1.54) is 12.5 Å². The number of ether oxygens (including phenoxy) is 1. The first-order chi connectivity index (χ1) is 9.40. The summed E-state index contributed by atoms with van der Waals surface area (Å²) in [6.45, 7) is 8.01.